The molecule has 8 heteroatoms. The number of anilines is 1. The highest BCUT2D eigenvalue weighted by Crippen LogP contribution is 2.28. The van der Waals surface area contributed by atoms with E-state index in [0.717, 1.165) is 64.0 Å². The molecule has 0 spiro atoms. The fraction of sp³-hybridized carbons (Fsp3) is 0.737. The summed E-state index contributed by atoms with van der Waals surface area (Å²) >= 11 is 0. The maximum atomic E-state index is 12.7. The highest BCUT2D eigenvalue weighted by Gasteiger charge is 2.32. The van der Waals surface area contributed by atoms with Gasteiger partial charge in [-0.1, -0.05) is 0 Å². The first-order chi connectivity index (χ1) is 13.1. The summed E-state index contributed by atoms with van der Waals surface area (Å²) in [7, 11) is -3.41. The van der Waals surface area contributed by atoms with Crippen molar-refractivity contribution in [1.82, 2.24) is 14.2 Å². The summed E-state index contributed by atoms with van der Waals surface area (Å²) in [5.41, 5.74) is 0. The van der Waals surface area contributed by atoms with Crippen LogP contribution in [0, 0.1) is 0 Å². The largest absolute Gasteiger partial charge is 0.395 e. The van der Waals surface area contributed by atoms with Gasteiger partial charge in [0.2, 0.25) is 10.0 Å². The van der Waals surface area contributed by atoms with Crippen molar-refractivity contribution in [1.29, 1.82) is 0 Å². The molecule has 0 aromatic carbocycles. The second-order valence-corrected chi connectivity index (χ2v) is 9.86. The van der Waals surface area contributed by atoms with Crippen LogP contribution in [-0.4, -0.2) is 79.1 Å². The van der Waals surface area contributed by atoms with Crippen LogP contribution in [0.2, 0.25) is 0 Å². The van der Waals surface area contributed by atoms with Crippen molar-refractivity contribution in [2.24, 2.45) is 0 Å². The van der Waals surface area contributed by atoms with Crippen molar-refractivity contribution in [3.8, 4) is 0 Å². The lowest BCUT2D eigenvalue weighted by Gasteiger charge is -2.32. The predicted octanol–water partition coefficient (Wildman–Crippen LogP) is 1.29. The molecule has 4 rings (SSSR count). The van der Waals surface area contributed by atoms with Crippen LogP contribution in [-0.2, 0) is 10.0 Å². The Morgan fingerprint density at radius 1 is 1.00 bits per heavy atom. The van der Waals surface area contributed by atoms with Crippen LogP contribution in [0.1, 0.15) is 38.5 Å². The van der Waals surface area contributed by atoms with Gasteiger partial charge in [-0.3, -0.25) is 4.90 Å². The van der Waals surface area contributed by atoms with Crippen molar-refractivity contribution in [3.63, 3.8) is 0 Å². The van der Waals surface area contributed by atoms with Gasteiger partial charge < -0.3 is 10.0 Å². The Balaban J connectivity index is 1.46. The minimum absolute atomic E-state index is 0.230. The van der Waals surface area contributed by atoms with Crippen LogP contribution in [0.25, 0.3) is 0 Å². The third-order valence-corrected chi connectivity index (χ3v) is 8.13. The van der Waals surface area contributed by atoms with E-state index in [1.54, 1.807) is 10.4 Å². The van der Waals surface area contributed by atoms with Gasteiger partial charge in [0.25, 0.3) is 0 Å². The van der Waals surface area contributed by atoms with Crippen LogP contribution < -0.4 is 4.90 Å². The number of aliphatic hydroxyl groups is 1. The molecule has 1 aromatic rings. The van der Waals surface area contributed by atoms with Gasteiger partial charge in [-0.2, -0.15) is 4.31 Å². The first-order valence-electron chi connectivity index (χ1n) is 10.2. The number of sulfonamides is 1. The first-order valence-corrected chi connectivity index (χ1v) is 11.6. The molecule has 0 saturated carbocycles. The molecule has 3 saturated heterocycles. The Hall–Kier alpha value is -1.22. The summed E-state index contributed by atoms with van der Waals surface area (Å²) in [6.07, 6.45) is 7.85. The predicted molar refractivity (Wildman–Crippen MR) is 104 cm³/mol. The smallest absolute Gasteiger partial charge is 0.244 e. The lowest BCUT2D eigenvalue weighted by atomic mass is 10.2. The molecule has 0 amide bonds. The number of nitrogens with zero attached hydrogens (tertiary/aromatic N) is 4. The van der Waals surface area contributed by atoms with Crippen LogP contribution in [0.3, 0.4) is 0 Å². The molecule has 3 fully saturated rings. The van der Waals surface area contributed by atoms with Gasteiger partial charge in [0.15, 0.2) is 0 Å². The molecule has 150 valence electrons. The van der Waals surface area contributed by atoms with Gasteiger partial charge in [-0.15, -0.1) is 0 Å². The standard InChI is InChI=1S/C19H30N4O3S/c24-15-17-6-3-9-21(17)14-16-5-4-12-23(16)19-8-7-18(13-20-19)27(25,26)22-10-1-2-11-22/h7-8,13,16-17,24H,1-6,9-12,14-15H2. The lowest BCUT2D eigenvalue weighted by Crippen LogP contribution is -2.43. The molecule has 2 unspecified atom stereocenters. The van der Waals surface area contributed by atoms with E-state index in [1.807, 2.05) is 6.07 Å². The van der Waals surface area contributed by atoms with Gasteiger partial charge in [-0.05, 0) is 57.2 Å². The van der Waals surface area contributed by atoms with E-state index in [9.17, 15) is 13.5 Å². The van der Waals surface area contributed by atoms with E-state index < -0.39 is 10.0 Å². The van der Waals surface area contributed by atoms with Crippen molar-refractivity contribution >= 4 is 15.8 Å². The average molecular weight is 395 g/mol. The SMILES string of the molecule is O=S(=O)(c1ccc(N2CCCC2CN2CCCC2CO)nc1)N1CCCC1. The van der Waals surface area contributed by atoms with Gasteiger partial charge in [-0.25, -0.2) is 13.4 Å². The molecule has 1 N–H and O–H groups in total. The fourth-order valence-corrected chi connectivity index (χ4v) is 6.18. The zero-order chi connectivity index (χ0) is 18.9. The zero-order valence-electron chi connectivity index (χ0n) is 15.8. The van der Waals surface area contributed by atoms with Crippen LogP contribution in [0.4, 0.5) is 5.82 Å². The molecule has 27 heavy (non-hydrogen) atoms. The molecule has 4 heterocycles. The maximum absolute atomic E-state index is 12.7. The number of rotatable bonds is 6. The number of likely N-dealkylation sites (tertiary alicyclic amines) is 1. The Labute approximate surface area is 162 Å². The second kappa shape index (κ2) is 8.03. The number of pyridine rings is 1. The van der Waals surface area contributed by atoms with E-state index in [0.29, 0.717) is 24.0 Å². The van der Waals surface area contributed by atoms with E-state index in [-0.39, 0.29) is 12.6 Å². The van der Waals surface area contributed by atoms with Crippen molar-refractivity contribution in [2.45, 2.75) is 55.5 Å². The molecule has 0 aliphatic carbocycles. The number of aromatic nitrogens is 1. The molecule has 0 radical (unpaired) electrons. The summed E-state index contributed by atoms with van der Waals surface area (Å²) in [6, 6.07) is 4.23. The van der Waals surface area contributed by atoms with Crippen LogP contribution in [0.5, 0.6) is 0 Å². The third-order valence-electron chi connectivity index (χ3n) is 6.25. The van der Waals surface area contributed by atoms with E-state index in [1.165, 1.54) is 6.20 Å². The Morgan fingerprint density at radius 2 is 1.74 bits per heavy atom. The van der Waals surface area contributed by atoms with Gasteiger partial charge in [0.05, 0.1) is 6.61 Å². The van der Waals surface area contributed by atoms with Crippen molar-refractivity contribution in [3.05, 3.63) is 18.3 Å². The van der Waals surface area contributed by atoms with Gasteiger partial charge >= 0.3 is 0 Å². The molecular formula is C19H30N4O3S. The monoisotopic (exact) mass is 394 g/mol. The zero-order valence-corrected chi connectivity index (χ0v) is 16.6. The summed E-state index contributed by atoms with van der Waals surface area (Å²) in [6.45, 7) is 4.40. The average Bonchev–Trinajstić information content (AvgIpc) is 3.44. The number of aliphatic hydroxyl groups excluding tert-OH is 1. The summed E-state index contributed by atoms with van der Waals surface area (Å²) < 4.78 is 26.9. The number of hydrogen-bond donors (Lipinski definition) is 1. The molecule has 2 atom stereocenters. The fourth-order valence-electron chi connectivity index (χ4n) is 4.71. The quantitative estimate of drug-likeness (QED) is 0.784. The first kappa shape index (κ1) is 19.1. The minimum Gasteiger partial charge on any atom is -0.395 e. The number of hydrogen-bond acceptors (Lipinski definition) is 6. The highest BCUT2D eigenvalue weighted by atomic mass is 32.2. The van der Waals surface area contributed by atoms with Crippen molar-refractivity contribution < 1.29 is 13.5 Å². The van der Waals surface area contributed by atoms with E-state index in [2.05, 4.69) is 14.8 Å². The van der Waals surface area contributed by atoms with E-state index >= 15 is 0 Å². The highest BCUT2D eigenvalue weighted by molar-refractivity contribution is 7.89. The van der Waals surface area contributed by atoms with E-state index in [4.69, 9.17) is 0 Å². The Kier molecular flexibility index (Phi) is 5.68. The topological polar surface area (TPSA) is 77.0 Å². The molecule has 1 aromatic heterocycles. The lowest BCUT2D eigenvalue weighted by molar-refractivity contribution is 0.153. The summed E-state index contributed by atoms with van der Waals surface area (Å²) in [4.78, 5) is 9.51. The minimum atomic E-state index is -3.41. The Bertz CT molecular complexity index is 734. The normalized spacial score (nSPS) is 27.7. The second-order valence-electron chi connectivity index (χ2n) is 7.93. The Morgan fingerprint density at radius 3 is 2.44 bits per heavy atom. The van der Waals surface area contributed by atoms with Crippen LogP contribution >= 0.6 is 0 Å². The maximum Gasteiger partial charge on any atom is 0.244 e. The van der Waals surface area contributed by atoms with Gasteiger partial charge in [0.1, 0.15) is 10.7 Å². The molecular weight excluding hydrogens is 364 g/mol. The molecule has 3 aliphatic rings. The molecule has 3 aliphatic heterocycles. The summed E-state index contributed by atoms with van der Waals surface area (Å²) in [5, 5.41) is 9.56. The third kappa shape index (κ3) is 3.85. The van der Waals surface area contributed by atoms with Crippen LogP contribution in [0.15, 0.2) is 23.2 Å². The summed E-state index contributed by atoms with van der Waals surface area (Å²) in [5.74, 6) is 0.859. The van der Waals surface area contributed by atoms with Crippen molar-refractivity contribution in [2.75, 3.05) is 44.2 Å². The van der Waals surface area contributed by atoms with Gasteiger partial charge in [0, 0.05) is 44.5 Å². The molecule has 0 bridgehead atoms. The molecule has 7 nitrogen and oxygen atoms in total.